The highest BCUT2D eigenvalue weighted by atomic mass is 79.9. The number of halogens is 1. The maximum absolute atomic E-state index is 12.3. The van der Waals surface area contributed by atoms with Crippen LogP contribution < -0.4 is 26.6 Å². The lowest BCUT2D eigenvalue weighted by Gasteiger charge is -2.18. The highest BCUT2D eigenvalue weighted by Crippen LogP contribution is 2.14. The van der Waals surface area contributed by atoms with E-state index in [0.717, 1.165) is 38.5 Å². The minimum atomic E-state index is -1.14. The monoisotopic (exact) mass is 897 g/mol. The van der Waals surface area contributed by atoms with Gasteiger partial charge in [-0.1, -0.05) is 93.0 Å². The van der Waals surface area contributed by atoms with E-state index in [4.69, 9.17) is 24.1 Å². The van der Waals surface area contributed by atoms with Crippen LogP contribution in [0.15, 0.2) is 0 Å². The summed E-state index contributed by atoms with van der Waals surface area (Å²) in [5, 5.41) is 41.9. The van der Waals surface area contributed by atoms with Crippen molar-refractivity contribution < 1.29 is 63.0 Å². The average molecular weight is 899 g/mol. The minimum Gasteiger partial charge on any atom is -0.481 e. The SMILES string of the molecule is O=C(O)CCCCCCCCCCCCCCCCC(=O)NC(CCC(O)NCCOCCOCC(=O)NCCOCCOCC(=O)NCCNC(=O)CBr)C(=O)O. The van der Waals surface area contributed by atoms with Gasteiger partial charge in [-0.3, -0.25) is 29.3 Å². The lowest BCUT2D eigenvalue weighted by Crippen LogP contribution is -2.42. The van der Waals surface area contributed by atoms with Gasteiger partial charge in [0.05, 0.1) is 45.0 Å². The van der Waals surface area contributed by atoms with Crippen molar-refractivity contribution in [1.82, 2.24) is 26.6 Å². The number of carbonyl (C=O) groups is 6. The summed E-state index contributed by atoms with van der Waals surface area (Å²) in [5.74, 6) is -2.94. The number of hydrogen-bond acceptors (Lipinski definition) is 12. The zero-order chi connectivity index (χ0) is 42.9. The van der Waals surface area contributed by atoms with Crippen molar-refractivity contribution in [1.29, 1.82) is 0 Å². The molecule has 0 aromatic heterocycles. The van der Waals surface area contributed by atoms with E-state index in [9.17, 15) is 39.0 Å². The second-order valence-corrected chi connectivity index (χ2v) is 14.4. The van der Waals surface area contributed by atoms with Crippen molar-refractivity contribution in [3.63, 3.8) is 0 Å². The molecule has 4 amide bonds. The highest BCUT2D eigenvalue weighted by Gasteiger charge is 2.21. The van der Waals surface area contributed by atoms with E-state index in [1.807, 2.05) is 0 Å². The molecule has 0 fully saturated rings. The molecule has 0 spiro atoms. The first-order valence-corrected chi connectivity index (χ1v) is 22.0. The summed E-state index contributed by atoms with van der Waals surface area (Å²) in [5.41, 5.74) is 0. The molecule has 0 aromatic carbocycles. The number of hydrogen-bond donors (Lipinski definition) is 8. The summed E-state index contributed by atoms with van der Waals surface area (Å²) < 4.78 is 21.2. The van der Waals surface area contributed by atoms with Crippen molar-refractivity contribution >= 4 is 51.5 Å². The Morgan fingerprint density at radius 3 is 1.40 bits per heavy atom. The molecule has 0 saturated heterocycles. The van der Waals surface area contributed by atoms with Crippen LogP contribution in [0.1, 0.15) is 116 Å². The Kier molecular flexibility index (Phi) is 38.8. The Hall–Kier alpha value is -2.94. The van der Waals surface area contributed by atoms with Gasteiger partial charge in [0.2, 0.25) is 23.6 Å². The van der Waals surface area contributed by atoms with Crippen molar-refractivity contribution in [3.05, 3.63) is 0 Å². The van der Waals surface area contributed by atoms with Gasteiger partial charge in [-0.25, -0.2) is 4.79 Å². The maximum Gasteiger partial charge on any atom is 0.326 e. The van der Waals surface area contributed by atoms with E-state index in [1.54, 1.807) is 0 Å². The molecular weight excluding hydrogens is 826 g/mol. The Labute approximate surface area is 352 Å². The summed E-state index contributed by atoms with van der Waals surface area (Å²) in [4.78, 5) is 69.1. The van der Waals surface area contributed by atoms with Gasteiger partial charge in [0.25, 0.3) is 0 Å². The number of rotatable bonds is 43. The molecule has 58 heavy (non-hydrogen) atoms. The molecule has 0 saturated carbocycles. The normalized spacial score (nSPS) is 12.1. The molecule has 338 valence electrons. The van der Waals surface area contributed by atoms with E-state index >= 15 is 0 Å². The van der Waals surface area contributed by atoms with Gasteiger partial charge < -0.3 is 55.5 Å². The van der Waals surface area contributed by atoms with Crippen LogP contribution in [0.4, 0.5) is 0 Å². The molecule has 0 aliphatic rings. The summed E-state index contributed by atoms with van der Waals surface area (Å²) in [6.07, 6.45) is 14.9. The third kappa shape index (κ3) is 39.9. The molecular formula is C39H72BrN5O13. The third-order valence-electron chi connectivity index (χ3n) is 8.70. The van der Waals surface area contributed by atoms with Crippen LogP contribution in [0.25, 0.3) is 0 Å². The largest absolute Gasteiger partial charge is 0.481 e. The van der Waals surface area contributed by atoms with Crippen LogP contribution in [-0.2, 0) is 47.7 Å². The number of carboxylic acid groups (broad SMARTS) is 2. The molecule has 0 radical (unpaired) electrons. The summed E-state index contributed by atoms with van der Waals surface area (Å²) in [6, 6.07) is -1.08. The lowest BCUT2D eigenvalue weighted by atomic mass is 10.0. The molecule has 0 aromatic rings. The second-order valence-electron chi connectivity index (χ2n) is 13.9. The number of carbonyl (C=O) groups excluding carboxylic acids is 4. The molecule has 0 aliphatic heterocycles. The standard InChI is InChI=1S/C39H72BrN5O13/c40-29-35(48)41-19-20-42-36(49)30-57-27-26-56-24-22-44-37(50)31-58-28-25-55-23-21-43-33(46)18-17-32(39(53)54)45-34(47)15-13-11-9-7-5-3-1-2-4-6-8-10-12-14-16-38(51)52/h32-33,43,46H,1-31H2,(H,41,48)(H,42,49)(H,44,50)(H,45,47)(H,51,52)(H,53,54). The van der Waals surface area contributed by atoms with Crippen molar-refractivity contribution in [2.24, 2.45) is 0 Å². The molecule has 18 nitrogen and oxygen atoms in total. The van der Waals surface area contributed by atoms with E-state index in [1.165, 1.54) is 44.9 Å². The zero-order valence-electron chi connectivity index (χ0n) is 34.4. The van der Waals surface area contributed by atoms with Crippen molar-refractivity contribution in [3.8, 4) is 0 Å². The molecule has 8 N–H and O–H groups in total. The predicted octanol–water partition coefficient (Wildman–Crippen LogP) is 2.38. The minimum absolute atomic E-state index is 0.0718. The first kappa shape index (κ1) is 55.1. The number of carboxylic acids is 2. The van der Waals surface area contributed by atoms with E-state index < -0.39 is 24.2 Å². The van der Waals surface area contributed by atoms with Crippen LogP contribution in [0.3, 0.4) is 0 Å². The van der Waals surface area contributed by atoms with Crippen molar-refractivity contribution in [2.75, 3.05) is 84.4 Å². The van der Waals surface area contributed by atoms with Gasteiger partial charge in [-0.15, -0.1) is 0 Å². The summed E-state index contributed by atoms with van der Waals surface area (Å²) in [6.45, 7) is 2.32. The lowest BCUT2D eigenvalue weighted by molar-refractivity contribution is -0.142. The number of ether oxygens (including phenoxy) is 4. The quantitative estimate of drug-likeness (QED) is 0.0249. The molecule has 0 aliphatic carbocycles. The second kappa shape index (κ2) is 40.8. The average Bonchev–Trinajstić information content (AvgIpc) is 3.19. The number of aliphatic hydroxyl groups excluding tert-OH is 1. The van der Waals surface area contributed by atoms with Crippen LogP contribution in [-0.4, -0.2) is 148 Å². The van der Waals surface area contributed by atoms with Gasteiger partial charge >= 0.3 is 11.9 Å². The Morgan fingerprint density at radius 2 is 0.914 bits per heavy atom. The van der Waals surface area contributed by atoms with Gasteiger partial charge in [-0.05, 0) is 25.7 Å². The van der Waals surface area contributed by atoms with Crippen LogP contribution in [0.2, 0.25) is 0 Å². The third-order valence-corrected chi connectivity index (χ3v) is 9.21. The van der Waals surface area contributed by atoms with Gasteiger partial charge in [0.15, 0.2) is 0 Å². The summed E-state index contributed by atoms with van der Waals surface area (Å²) >= 11 is 3.03. The van der Waals surface area contributed by atoms with Crippen LogP contribution >= 0.6 is 15.9 Å². The molecule has 0 heterocycles. The molecule has 19 heteroatoms. The Bertz CT molecular complexity index is 1090. The molecule has 2 atom stereocenters. The number of amides is 4. The van der Waals surface area contributed by atoms with Crippen LogP contribution in [0, 0.1) is 0 Å². The van der Waals surface area contributed by atoms with Gasteiger partial charge in [0.1, 0.15) is 25.5 Å². The van der Waals surface area contributed by atoms with Crippen molar-refractivity contribution in [2.45, 2.75) is 128 Å². The van der Waals surface area contributed by atoms with Crippen LogP contribution in [0.5, 0.6) is 0 Å². The number of nitrogens with one attached hydrogen (secondary N) is 5. The maximum atomic E-state index is 12.3. The van der Waals surface area contributed by atoms with Gasteiger partial charge in [-0.2, -0.15) is 0 Å². The topological polar surface area (TPSA) is 260 Å². The smallest absolute Gasteiger partial charge is 0.326 e. The molecule has 2 unspecified atom stereocenters. The molecule has 0 rings (SSSR count). The first-order valence-electron chi connectivity index (χ1n) is 20.9. The number of unbranched alkanes of at least 4 members (excludes halogenated alkanes) is 13. The first-order chi connectivity index (χ1) is 28.0. The Morgan fingerprint density at radius 1 is 0.483 bits per heavy atom. The van der Waals surface area contributed by atoms with E-state index in [2.05, 4.69) is 42.5 Å². The number of aliphatic carboxylic acids is 2. The fourth-order valence-corrected chi connectivity index (χ4v) is 5.71. The zero-order valence-corrected chi connectivity index (χ0v) is 36.0. The number of aliphatic hydroxyl groups is 1. The number of alkyl halides is 1. The molecule has 0 bridgehead atoms. The van der Waals surface area contributed by atoms with E-state index in [0.29, 0.717) is 26.1 Å². The highest BCUT2D eigenvalue weighted by molar-refractivity contribution is 9.09. The van der Waals surface area contributed by atoms with Gasteiger partial charge in [0, 0.05) is 39.0 Å². The fourth-order valence-electron chi connectivity index (χ4n) is 5.52. The fraction of sp³-hybridized carbons (Fsp3) is 0.846. The predicted molar refractivity (Wildman–Crippen MR) is 220 cm³/mol. The summed E-state index contributed by atoms with van der Waals surface area (Å²) in [7, 11) is 0. The Balaban J connectivity index is 3.65. The van der Waals surface area contributed by atoms with E-state index in [-0.39, 0.29) is 114 Å².